The molecule has 2 N–H and O–H groups in total. The fraction of sp³-hybridized carbons (Fsp3) is 0.242. The number of hydrogen-bond donors (Lipinski definition) is 2. The molecule has 2 aliphatic carbocycles. The smallest absolute Gasteiger partial charge is 0.0723 e. The molecule has 4 nitrogen and oxygen atoms in total. The number of nitrogens with one attached hydrogen (secondary N) is 2. The SMILES string of the molecule is Cc1ccccc1C=N[C@@H]1CCCC[C@H]1N=Cc1ccccc1P(c1ccccc1)c1ccccc1.Cc1ccccc1CN[C@@H]1CCCC[C@H]1NCc1ccccc1P(c1ccccc1)c1ccccc1. The van der Waals surface area contributed by atoms with Crippen molar-refractivity contribution >= 4 is 60.1 Å². The minimum atomic E-state index is -0.668. The number of rotatable bonds is 16. The molecule has 0 aromatic heterocycles. The summed E-state index contributed by atoms with van der Waals surface area (Å²) in [5.41, 5.74) is 7.87. The first-order chi connectivity index (χ1) is 35.6. The van der Waals surface area contributed by atoms with Gasteiger partial charge in [0.25, 0.3) is 0 Å². The van der Waals surface area contributed by atoms with E-state index < -0.39 is 15.8 Å². The van der Waals surface area contributed by atoms with Crippen LogP contribution in [0.2, 0.25) is 0 Å². The molecule has 10 rings (SSSR count). The quantitative estimate of drug-likeness (QED) is 0.0749. The molecule has 0 aliphatic heterocycles. The Morgan fingerprint density at radius 2 is 0.736 bits per heavy atom. The fourth-order valence-corrected chi connectivity index (χ4v) is 15.2. The molecule has 0 heterocycles. The number of hydrogen-bond acceptors (Lipinski definition) is 4. The van der Waals surface area contributed by atoms with Gasteiger partial charge in [0.2, 0.25) is 0 Å². The average Bonchev–Trinajstić information content (AvgIpc) is 3.44. The molecule has 0 bridgehead atoms. The van der Waals surface area contributed by atoms with Gasteiger partial charge >= 0.3 is 0 Å². The second kappa shape index (κ2) is 26.5. The number of benzene rings is 8. The first kappa shape index (κ1) is 50.8. The zero-order valence-electron chi connectivity index (χ0n) is 42.1. The topological polar surface area (TPSA) is 48.8 Å². The van der Waals surface area contributed by atoms with Crippen molar-refractivity contribution in [3.8, 4) is 0 Å². The van der Waals surface area contributed by atoms with Gasteiger partial charge in [-0.1, -0.05) is 244 Å². The Balaban J connectivity index is 0.000000178. The molecule has 2 aliphatic rings. The summed E-state index contributed by atoms with van der Waals surface area (Å²) < 4.78 is 0. The van der Waals surface area contributed by atoms with Gasteiger partial charge in [0.1, 0.15) is 0 Å². The number of aliphatic imine (C=N–C) groups is 2. The van der Waals surface area contributed by atoms with Crippen LogP contribution in [0.25, 0.3) is 0 Å². The lowest BCUT2D eigenvalue weighted by Gasteiger charge is -2.34. The minimum absolute atomic E-state index is 0.228. The van der Waals surface area contributed by atoms with Crippen molar-refractivity contribution in [1.82, 2.24) is 10.6 Å². The zero-order chi connectivity index (χ0) is 49.2. The molecule has 72 heavy (non-hydrogen) atoms. The Labute approximate surface area is 432 Å². The van der Waals surface area contributed by atoms with Crippen LogP contribution in [0.4, 0.5) is 0 Å². The van der Waals surface area contributed by atoms with Gasteiger partial charge in [-0.3, -0.25) is 9.98 Å². The zero-order valence-corrected chi connectivity index (χ0v) is 43.9. The van der Waals surface area contributed by atoms with E-state index in [1.807, 2.05) is 0 Å². The number of nitrogens with zero attached hydrogens (tertiary/aromatic N) is 2. The van der Waals surface area contributed by atoms with Crippen molar-refractivity contribution < 1.29 is 0 Å². The molecule has 0 amide bonds. The van der Waals surface area contributed by atoms with E-state index in [2.05, 4.69) is 255 Å². The second-order valence-corrected chi connectivity index (χ2v) is 23.6. The van der Waals surface area contributed by atoms with Crippen molar-refractivity contribution in [1.29, 1.82) is 0 Å². The monoisotopic (exact) mass is 981 g/mol. The van der Waals surface area contributed by atoms with E-state index in [4.69, 9.17) is 9.98 Å². The van der Waals surface area contributed by atoms with E-state index in [1.54, 1.807) is 0 Å². The molecule has 0 radical (unpaired) electrons. The molecule has 0 saturated heterocycles. The van der Waals surface area contributed by atoms with Gasteiger partial charge in [0.05, 0.1) is 12.1 Å². The first-order valence-corrected chi connectivity index (χ1v) is 28.9. The van der Waals surface area contributed by atoms with E-state index in [-0.39, 0.29) is 12.1 Å². The summed E-state index contributed by atoms with van der Waals surface area (Å²) in [7, 11) is -1.27. The summed E-state index contributed by atoms with van der Waals surface area (Å²) in [6, 6.07) is 80.3. The van der Waals surface area contributed by atoms with E-state index >= 15 is 0 Å². The van der Waals surface area contributed by atoms with E-state index in [0.717, 1.165) is 25.9 Å². The van der Waals surface area contributed by atoms with Crippen molar-refractivity contribution in [3.05, 3.63) is 252 Å². The Morgan fingerprint density at radius 3 is 1.24 bits per heavy atom. The standard InChI is InChI=1S/C33H37N2P.C33H33N2P/c2*1-26-14-8-9-15-27(26)24-34-31-21-11-12-22-32(31)35-25-28-16-10-13-23-33(28)36(29-17-4-2-5-18-29)30-19-6-3-7-20-30/h2-10,13-20,23,31-32,34-35H,11-12,21-22,24-25H2,1H3;2-10,13-20,23-25,31-32H,11-12,21-22H2,1H3/t2*31-,32-/m11/s1. The van der Waals surface area contributed by atoms with E-state index in [9.17, 15) is 0 Å². The highest BCUT2D eigenvalue weighted by Crippen LogP contribution is 2.35. The van der Waals surface area contributed by atoms with Crippen LogP contribution in [0.15, 0.2) is 228 Å². The first-order valence-electron chi connectivity index (χ1n) is 26.2. The van der Waals surface area contributed by atoms with Crippen LogP contribution in [-0.4, -0.2) is 36.6 Å². The molecule has 0 spiro atoms. The normalized spacial score (nSPS) is 18.1. The van der Waals surface area contributed by atoms with Gasteiger partial charge < -0.3 is 10.6 Å². The third-order valence-electron chi connectivity index (χ3n) is 14.3. The number of aryl methyl sites for hydroxylation is 2. The van der Waals surface area contributed by atoms with Crippen LogP contribution < -0.4 is 42.5 Å². The van der Waals surface area contributed by atoms with E-state index in [0.29, 0.717) is 12.1 Å². The van der Waals surface area contributed by atoms with Gasteiger partial charge in [-0.25, -0.2) is 0 Å². The van der Waals surface area contributed by atoms with Gasteiger partial charge in [0, 0.05) is 43.2 Å². The maximum atomic E-state index is 5.17. The predicted molar refractivity (Wildman–Crippen MR) is 314 cm³/mol. The summed E-state index contributed by atoms with van der Waals surface area (Å²) >= 11 is 0. The predicted octanol–water partition coefficient (Wildman–Crippen LogP) is 12.5. The molecular formula is C66H70N4P2. The molecule has 364 valence electrons. The summed E-state index contributed by atoms with van der Waals surface area (Å²) in [6.45, 7) is 6.20. The summed E-state index contributed by atoms with van der Waals surface area (Å²) in [6.07, 6.45) is 13.9. The maximum Gasteiger partial charge on any atom is 0.0723 e. The molecule has 0 unspecified atom stereocenters. The van der Waals surface area contributed by atoms with Crippen LogP contribution in [0.3, 0.4) is 0 Å². The van der Waals surface area contributed by atoms with Crippen molar-refractivity contribution in [2.75, 3.05) is 0 Å². The summed E-state index contributed by atoms with van der Waals surface area (Å²) in [5.74, 6) is 0. The highest BCUT2D eigenvalue weighted by molar-refractivity contribution is 7.80. The molecule has 4 atom stereocenters. The minimum Gasteiger partial charge on any atom is -0.308 e. The fourth-order valence-electron chi connectivity index (χ4n) is 10.3. The Hall–Kier alpha value is -6.12. The van der Waals surface area contributed by atoms with Crippen LogP contribution in [0, 0.1) is 13.8 Å². The van der Waals surface area contributed by atoms with Crippen LogP contribution in [0.1, 0.15) is 84.7 Å². The van der Waals surface area contributed by atoms with Gasteiger partial charge in [-0.15, -0.1) is 0 Å². The third-order valence-corrected chi connectivity index (χ3v) is 19.4. The van der Waals surface area contributed by atoms with E-state index in [1.165, 1.54) is 104 Å². The van der Waals surface area contributed by atoms with Crippen LogP contribution >= 0.6 is 15.8 Å². The van der Waals surface area contributed by atoms with Crippen LogP contribution in [0.5, 0.6) is 0 Å². The molecule has 8 aromatic rings. The van der Waals surface area contributed by atoms with Crippen molar-refractivity contribution in [3.63, 3.8) is 0 Å². The highest BCUT2D eigenvalue weighted by atomic mass is 31.1. The summed E-state index contributed by atoms with van der Waals surface area (Å²) in [4.78, 5) is 10.2. The lowest BCUT2D eigenvalue weighted by atomic mass is 9.90. The maximum absolute atomic E-state index is 5.17. The molecular weight excluding hydrogens is 911 g/mol. The van der Waals surface area contributed by atoms with Crippen molar-refractivity contribution in [2.24, 2.45) is 9.98 Å². The largest absolute Gasteiger partial charge is 0.308 e. The Kier molecular flexibility index (Phi) is 18.7. The molecule has 6 heteroatoms. The highest BCUT2D eigenvalue weighted by Gasteiger charge is 2.27. The van der Waals surface area contributed by atoms with Crippen LogP contribution in [-0.2, 0) is 13.1 Å². The lowest BCUT2D eigenvalue weighted by Crippen LogP contribution is -2.49. The Morgan fingerprint density at radius 1 is 0.375 bits per heavy atom. The lowest BCUT2D eigenvalue weighted by molar-refractivity contribution is 0.281. The van der Waals surface area contributed by atoms with Gasteiger partial charge in [-0.2, -0.15) is 0 Å². The molecule has 2 fully saturated rings. The van der Waals surface area contributed by atoms with Crippen molar-refractivity contribution in [2.45, 2.75) is 102 Å². The average molecular weight is 981 g/mol. The third kappa shape index (κ3) is 13.7. The second-order valence-electron chi connectivity index (χ2n) is 19.2. The van der Waals surface area contributed by atoms with Gasteiger partial charge in [-0.05, 0) is 115 Å². The Bertz CT molecular complexity index is 2860. The molecule has 8 aromatic carbocycles. The molecule has 2 saturated carbocycles. The summed E-state index contributed by atoms with van der Waals surface area (Å²) in [5, 5.41) is 16.2. The van der Waals surface area contributed by atoms with Gasteiger partial charge in [0.15, 0.2) is 0 Å².